The maximum Gasteiger partial charge on any atom is 0.291 e. The average Bonchev–Trinajstić information content (AvgIpc) is 3.27. The van der Waals surface area contributed by atoms with Crippen LogP contribution in [0.3, 0.4) is 0 Å². The number of anilines is 1. The lowest BCUT2D eigenvalue weighted by Gasteiger charge is -2.13. The van der Waals surface area contributed by atoms with E-state index < -0.39 is 0 Å². The van der Waals surface area contributed by atoms with Crippen LogP contribution in [0.4, 0.5) is 5.69 Å². The summed E-state index contributed by atoms with van der Waals surface area (Å²) in [6.45, 7) is 3.74. The quantitative estimate of drug-likeness (QED) is 0.285. The minimum absolute atomic E-state index is 0.235. The van der Waals surface area contributed by atoms with Crippen LogP contribution >= 0.6 is 11.6 Å². The summed E-state index contributed by atoms with van der Waals surface area (Å²) < 4.78 is 5.96. The second-order valence-corrected chi connectivity index (χ2v) is 9.48. The summed E-state index contributed by atoms with van der Waals surface area (Å²) in [6, 6.07) is 22.8. The van der Waals surface area contributed by atoms with Gasteiger partial charge in [0.2, 0.25) is 0 Å². The fourth-order valence-corrected chi connectivity index (χ4v) is 4.66. The predicted molar refractivity (Wildman–Crippen MR) is 146 cm³/mol. The van der Waals surface area contributed by atoms with Gasteiger partial charge < -0.3 is 9.73 Å². The van der Waals surface area contributed by atoms with Gasteiger partial charge in [-0.05, 0) is 67.6 Å². The van der Waals surface area contributed by atoms with Crippen LogP contribution in [-0.4, -0.2) is 17.5 Å². The predicted octanol–water partition coefficient (Wildman–Crippen LogP) is 6.94. The Bertz CT molecular complexity index is 1510. The minimum Gasteiger partial charge on any atom is -0.455 e. The average molecular weight is 512 g/mol. The lowest BCUT2D eigenvalue weighted by molar-refractivity contribution is 0.0953. The van der Waals surface area contributed by atoms with Crippen LogP contribution in [0.25, 0.3) is 11.1 Å². The zero-order valence-corrected chi connectivity index (χ0v) is 21.4. The number of carbonyl (C=O) groups excluding carboxylic acids is 2. The Balaban J connectivity index is 1.32. The summed E-state index contributed by atoms with van der Waals surface area (Å²) in [4.78, 5) is 25.8. The van der Waals surface area contributed by atoms with Crippen molar-refractivity contribution in [3.8, 4) is 11.1 Å². The number of aryl methyl sites for hydroxylation is 2. The molecule has 186 valence electrons. The molecule has 2 N–H and O–H groups in total. The number of hydrogen-bond donors (Lipinski definition) is 2. The molecular weight excluding hydrogens is 486 g/mol. The summed E-state index contributed by atoms with van der Waals surface area (Å²) in [7, 11) is 0. The lowest BCUT2D eigenvalue weighted by atomic mass is 9.93. The number of furan rings is 1. The Morgan fingerprint density at radius 2 is 1.62 bits per heavy atom. The number of hydrogen-bond acceptors (Lipinski definition) is 4. The molecule has 0 spiro atoms. The first-order chi connectivity index (χ1) is 17.9. The topological polar surface area (TPSA) is 83.7 Å². The van der Waals surface area contributed by atoms with Crippen molar-refractivity contribution in [1.82, 2.24) is 5.43 Å². The molecule has 0 saturated heterocycles. The molecule has 0 unspecified atom stereocenters. The molecule has 3 aromatic carbocycles. The van der Waals surface area contributed by atoms with Crippen molar-refractivity contribution in [2.24, 2.45) is 5.10 Å². The molecule has 0 saturated carbocycles. The van der Waals surface area contributed by atoms with Gasteiger partial charge >= 0.3 is 0 Å². The van der Waals surface area contributed by atoms with E-state index in [0.29, 0.717) is 46.2 Å². The molecule has 1 aromatic heterocycles. The smallest absolute Gasteiger partial charge is 0.291 e. The van der Waals surface area contributed by atoms with Gasteiger partial charge in [-0.1, -0.05) is 60.1 Å². The highest BCUT2D eigenvalue weighted by Gasteiger charge is 2.28. The second-order valence-electron chi connectivity index (χ2n) is 9.07. The number of benzene rings is 3. The van der Waals surface area contributed by atoms with E-state index in [1.54, 1.807) is 24.3 Å². The number of fused-ring (bicyclic) bond motifs is 1. The summed E-state index contributed by atoms with van der Waals surface area (Å²) in [5.74, 6) is 0.290. The molecule has 2 amide bonds. The van der Waals surface area contributed by atoms with E-state index in [1.165, 1.54) is 0 Å². The van der Waals surface area contributed by atoms with Crippen molar-refractivity contribution in [3.05, 3.63) is 112 Å². The molecule has 5 rings (SSSR count). The van der Waals surface area contributed by atoms with Crippen LogP contribution in [0, 0.1) is 13.8 Å². The van der Waals surface area contributed by atoms with Crippen LogP contribution in [0.5, 0.6) is 0 Å². The van der Waals surface area contributed by atoms with Gasteiger partial charge in [0, 0.05) is 33.8 Å². The van der Waals surface area contributed by atoms with Gasteiger partial charge in [0.25, 0.3) is 11.8 Å². The second kappa shape index (κ2) is 10.4. The first kappa shape index (κ1) is 24.5. The summed E-state index contributed by atoms with van der Waals surface area (Å²) in [5, 5.41) is 7.86. The van der Waals surface area contributed by atoms with Crippen molar-refractivity contribution < 1.29 is 14.0 Å². The number of rotatable bonds is 5. The van der Waals surface area contributed by atoms with E-state index in [0.717, 1.165) is 28.7 Å². The standard InChI is InChI=1S/C30H26ClN3O3/c1-18-11-16-23(17-24(18)31)32-30(36)28-19(2)27-25(9-6-10-26(27)37-28)33-34-29(35)22-14-12-21(13-15-22)20-7-4-3-5-8-20/h3-5,7-8,11-17H,6,9-10H2,1-2H3,(H,32,36)(H,34,35)/b33-25+. The summed E-state index contributed by atoms with van der Waals surface area (Å²) in [6.07, 6.45) is 2.19. The normalized spacial score (nSPS) is 13.8. The highest BCUT2D eigenvalue weighted by molar-refractivity contribution is 6.31. The van der Waals surface area contributed by atoms with Gasteiger partial charge in [0.1, 0.15) is 5.76 Å². The van der Waals surface area contributed by atoms with Crippen LogP contribution in [0.15, 0.2) is 82.3 Å². The van der Waals surface area contributed by atoms with Crippen LogP contribution in [0.2, 0.25) is 5.02 Å². The zero-order chi connectivity index (χ0) is 25.9. The summed E-state index contributed by atoms with van der Waals surface area (Å²) >= 11 is 6.19. The van der Waals surface area contributed by atoms with Crippen molar-refractivity contribution in [1.29, 1.82) is 0 Å². The molecule has 0 aliphatic heterocycles. The Morgan fingerprint density at radius 3 is 2.35 bits per heavy atom. The number of nitrogens with zero attached hydrogens (tertiary/aromatic N) is 1. The Labute approximate surface area is 220 Å². The largest absolute Gasteiger partial charge is 0.455 e. The third-order valence-corrected chi connectivity index (χ3v) is 6.92. The minimum atomic E-state index is -0.353. The number of nitrogens with one attached hydrogen (secondary N) is 2. The summed E-state index contributed by atoms with van der Waals surface area (Å²) in [5.41, 5.74) is 9.03. The first-order valence-electron chi connectivity index (χ1n) is 12.1. The Hall–Kier alpha value is -4.16. The third-order valence-electron chi connectivity index (χ3n) is 6.51. The van der Waals surface area contributed by atoms with E-state index in [4.69, 9.17) is 16.0 Å². The zero-order valence-electron chi connectivity index (χ0n) is 20.6. The van der Waals surface area contributed by atoms with Gasteiger partial charge in [-0.2, -0.15) is 5.10 Å². The molecule has 1 heterocycles. The van der Waals surface area contributed by atoms with Crippen molar-refractivity contribution in [3.63, 3.8) is 0 Å². The number of halogens is 1. The number of amides is 2. The number of carbonyl (C=O) groups is 2. The number of hydrazone groups is 1. The Morgan fingerprint density at radius 1 is 0.892 bits per heavy atom. The van der Waals surface area contributed by atoms with Gasteiger partial charge in [-0.3, -0.25) is 9.59 Å². The molecule has 6 nitrogen and oxygen atoms in total. The van der Waals surface area contributed by atoms with E-state index in [1.807, 2.05) is 62.4 Å². The van der Waals surface area contributed by atoms with Crippen molar-refractivity contribution in [2.45, 2.75) is 33.1 Å². The highest BCUT2D eigenvalue weighted by atomic mass is 35.5. The fourth-order valence-electron chi connectivity index (χ4n) is 4.48. The van der Waals surface area contributed by atoms with Crippen LogP contribution in [-0.2, 0) is 6.42 Å². The van der Waals surface area contributed by atoms with Crippen molar-refractivity contribution in [2.75, 3.05) is 5.32 Å². The van der Waals surface area contributed by atoms with E-state index >= 15 is 0 Å². The fraction of sp³-hybridized carbons (Fsp3) is 0.167. The molecule has 0 radical (unpaired) electrons. The van der Waals surface area contributed by atoms with Gasteiger partial charge in [-0.25, -0.2) is 5.43 Å². The lowest BCUT2D eigenvalue weighted by Crippen LogP contribution is -2.22. The van der Waals surface area contributed by atoms with Crippen LogP contribution in [0.1, 0.15) is 56.2 Å². The molecule has 1 aliphatic rings. The maximum absolute atomic E-state index is 13.0. The SMILES string of the molecule is Cc1ccc(NC(=O)c2oc3c(c2C)/C(=N/NC(=O)c2ccc(-c4ccccc4)cc2)CCC3)cc1Cl. The Kier molecular flexibility index (Phi) is 6.93. The molecule has 1 aliphatic carbocycles. The molecule has 7 heteroatoms. The molecule has 37 heavy (non-hydrogen) atoms. The third kappa shape index (κ3) is 5.20. The van der Waals surface area contributed by atoms with Crippen LogP contribution < -0.4 is 10.7 Å². The molecule has 0 atom stereocenters. The van der Waals surface area contributed by atoms with Crippen molar-refractivity contribution >= 4 is 34.8 Å². The molecule has 4 aromatic rings. The van der Waals surface area contributed by atoms with E-state index in [9.17, 15) is 9.59 Å². The van der Waals surface area contributed by atoms with Gasteiger partial charge in [0.05, 0.1) is 5.71 Å². The molecular formula is C30H26ClN3O3. The van der Waals surface area contributed by atoms with E-state index in [-0.39, 0.29) is 17.6 Å². The van der Waals surface area contributed by atoms with Gasteiger partial charge in [-0.15, -0.1) is 0 Å². The van der Waals surface area contributed by atoms with E-state index in [2.05, 4.69) is 15.8 Å². The highest BCUT2D eigenvalue weighted by Crippen LogP contribution is 2.31. The molecule has 0 fully saturated rings. The monoisotopic (exact) mass is 511 g/mol. The first-order valence-corrected chi connectivity index (χ1v) is 12.5. The maximum atomic E-state index is 13.0. The molecule has 0 bridgehead atoms. The van der Waals surface area contributed by atoms with Gasteiger partial charge in [0.15, 0.2) is 5.76 Å².